The Balaban J connectivity index is 0.000000648. The van der Waals surface area contributed by atoms with Crippen LogP contribution in [0.25, 0.3) is 0 Å². The van der Waals surface area contributed by atoms with E-state index in [9.17, 15) is 4.79 Å². The topological polar surface area (TPSA) is 87.3 Å². The molecule has 1 aliphatic heterocycles. The maximum Gasteiger partial charge on any atom is 0.292 e. The Morgan fingerprint density at radius 1 is 1.62 bits per heavy atom. The van der Waals surface area contributed by atoms with E-state index < -0.39 is 0 Å². The average Bonchev–Trinajstić information content (AvgIpc) is 3.23. The van der Waals surface area contributed by atoms with Crippen molar-refractivity contribution in [2.24, 2.45) is 5.92 Å². The first-order valence-electron chi connectivity index (χ1n) is 7.95. The van der Waals surface area contributed by atoms with E-state index in [1.54, 1.807) is 6.20 Å². The number of nitrogens with zero attached hydrogens (tertiary/aromatic N) is 2. The molecule has 7 nitrogen and oxygen atoms in total. The summed E-state index contributed by atoms with van der Waals surface area (Å²) < 4.78 is 3.86. The van der Waals surface area contributed by atoms with E-state index in [1.165, 1.54) is 7.11 Å². The zero-order chi connectivity index (χ0) is 18.1. The lowest BCUT2D eigenvalue weighted by Gasteiger charge is -2.29. The molecule has 0 bridgehead atoms. The number of methoxy groups -OCH3 is 1. The van der Waals surface area contributed by atoms with Gasteiger partial charge in [0.2, 0.25) is 5.91 Å². The summed E-state index contributed by atoms with van der Waals surface area (Å²) in [4.78, 5) is 31.0. The molecule has 2 rings (SSSR count). The van der Waals surface area contributed by atoms with Crippen LogP contribution in [0.15, 0.2) is 6.20 Å². The lowest BCUT2D eigenvalue weighted by atomic mass is 10.0. The number of likely N-dealkylation sites (tertiary alicyclic amines) is 1. The van der Waals surface area contributed by atoms with Crippen molar-refractivity contribution in [2.45, 2.75) is 38.8 Å². The maximum absolute atomic E-state index is 12.7. The highest BCUT2D eigenvalue weighted by Gasteiger charge is 2.35. The van der Waals surface area contributed by atoms with Crippen LogP contribution in [0.3, 0.4) is 0 Å². The first-order chi connectivity index (χ1) is 11.5. The van der Waals surface area contributed by atoms with Crippen molar-refractivity contribution in [1.82, 2.24) is 20.2 Å². The molecule has 1 aromatic heterocycles. The number of terminal acetylenes is 1. The fraction of sp³-hybridized carbons (Fsp3) is 0.588. The minimum atomic E-state index is -0.155. The van der Waals surface area contributed by atoms with Gasteiger partial charge in [-0.25, -0.2) is 4.98 Å². The molecule has 2 heterocycles. The summed E-state index contributed by atoms with van der Waals surface area (Å²) in [5.74, 6) is 3.73. The van der Waals surface area contributed by atoms with Crippen molar-refractivity contribution in [2.75, 3.05) is 20.7 Å². The van der Waals surface area contributed by atoms with Crippen molar-refractivity contribution < 1.29 is 14.3 Å². The van der Waals surface area contributed by atoms with Crippen molar-refractivity contribution in [3.63, 3.8) is 0 Å². The van der Waals surface area contributed by atoms with E-state index in [-0.39, 0.29) is 23.9 Å². The fourth-order valence-electron chi connectivity index (χ4n) is 2.81. The van der Waals surface area contributed by atoms with E-state index in [0.29, 0.717) is 12.2 Å². The molecule has 1 aliphatic rings. The number of carbonyl (C=O) groups excluding carboxylic acids is 2. The Morgan fingerprint density at radius 3 is 2.75 bits per heavy atom. The Morgan fingerprint density at radius 2 is 2.29 bits per heavy atom. The zero-order valence-electron chi connectivity index (χ0n) is 14.7. The van der Waals surface area contributed by atoms with E-state index in [1.807, 2.05) is 25.8 Å². The number of aromatic nitrogens is 2. The van der Waals surface area contributed by atoms with Crippen molar-refractivity contribution in [3.05, 3.63) is 17.7 Å². The second-order valence-corrected chi connectivity index (χ2v) is 5.86. The molecule has 2 unspecified atom stereocenters. The molecule has 24 heavy (non-hydrogen) atoms. The van der Waals surface area contributed by atoms with Crippen LogP contribution in [0.4, 0.5) is 0 Å². The molecule has 0 aromatic carbocycles. The van der Waals surface area contributed by atoms with Crippen LogP contribution in [0.1, 0.15) is 44.2 Å². The number of ether oxygens (including phenoxy) is 1. The number of imidazole rings is 1. The van der Waals surface area contributed by atoms with Gasteiger partial charge in [-0.15, -0.1) is 6.42 Å². The highest BCUT2D eigenvalue weighted by atomic mass is 16.5. The second-order valence-electron chi connectivity index (χ2n) is 5.86. The summed E-state index contributed by atoms with van der Waals surface area (Å²) in [6.45, 7) is 5.25. The lowest BCUT2D eigenvalue weighted by Crippen LogP contribution is -2.47. The van der Waals surface area contributed by atoms with Gasteiger partial charge in [0.05, 0.1) is 25.4 Å². The number of amides is 1. The third-order valence-corrected chi connectivity index (χ3v) is 3.94. The normalized spacial score (nSPS) is 17.7. The van der Waals surface area contributed by atoms with Crippen LogP contribution in [0.5, 0.6) is 0 Å². The molecule has 0 radical (unpaired) electrons. The largest absolute Gasteiger partial charge is 0.471 e. The number of rotatable bonds is 5. The molecule has 2 atom stereocenters. The predicted octanol–water partition coefficient (Wildman–Crippen LogP) is 1.09. The van der Waals surface area contributed by atoms with Gasteiger partial charge in [-0.2, -0.15) is 0 Å². The summed E-state index contributed by atoms with van der Waals surface area (Å²) in [7, 11) is 3.14. The van der Waals surface area contributed by atoms with Crippen molar-refractivity contribution in [3.8, 4) is 12.3 Å². The van der Waals surface area contributed by atoms with Crippen molar-refractivity contribution >= 4 is 12.4 Å². The molecule has 1 fully saturated rings. The van der Waals surface area contributed by atoms with Crippen LogP contribution >= 0.6 is 0 Å². The van der Waals surface area contributed by atoms with Gasteiger partial charge < -0.3 is 19.9 Å². The van der Waals surface area contributed by atoms with Crippen LogP contribution in [-0.2, 0) is 14.3 Å². The molecule has 0 saturated carbocycles. The predicted molar refractivity (Wildman–Crippen MR) is 91.0 cm³/mol. The number of likely N-dealkylation sites (N-methyl/N-ethyl adjacent to an activating group) is 1. The molecule has 1 saturated heterocycles. The van der Waals surface area contributed by atoms with Gasteiger partial charge >= 0.3 is 0 Å². The van der Waals surface area contributed by atoms with Crippen LogP contribution in [-0.4, -0.2) is 54.0 Å². The number of hydrogen-bond acceptors (Lipinski definition) is 5. The quantitative estimate of drug-likeness (QED) is 0.622. The Bertz CT molecular complexity index is 577. The smallest absolute Gasteiger partial charge is 0.292 e. The van der Waals surface area contributed by atoms with E-state index >= 15 is 0 Å². The molecular formula is C17H26N4O3. The number of H-pyrrole nitrogens is 1. The maximum atomic E-state index is 12.7. The second kappa shape index (κ2) is 9.73. The number of carbonyl (C=O) groups is 2. The third-order valence-electron chi connectivity index (χ3n) is 3.94. The summed E-state index contributed by atoms with van der Waals surface area (Å²) in [5, 5.41) is 3.11. The molecule has 0 aliphatic carbocycles. The van der Waals surface area contributed by atoms with Gasteiger partial charge in [0.15, 0.2) is 0 Å². The molecule has 2 N–H and O–H groups in total. The minimum absolute atomic E-state index is 0.0131. The molecular weight excluding hydrogens is 308 g/mol. The summed E-state index contributed by atoms with van der Waals surface area (Å²) in [5.41, 5.74) is 0.660. The van der Waals surface area contributed by atoms with Gasteiger partial charge in [0.1, 0.15) is 11.5 Å². The SMILES string of the molecule is C#Cc1cnc(C2CCCN2C(=O)C(NC)C(C)C)[nH]1.COC=O. The molecule has 1 amide bonds. The third kappa shape index (κ3) is 4.83. The number of hydrogen-bond donors (Lipinski definition) is 2. The van der Waals surface area contributed by atoms with Gasteiger partial charge in [0.25, 0.3) is 6.47 Å². The van der Waals surface area contributed by atoms with Gasteiger partial charge in [-0.1, -0.05) is 19.8 Å². The summed E-state index contributed by atoms with van der Waals surface area (Å²) in [6.07, 6.45) is 8.93. The lowest BCUT2D eigenvalue weighted by molar-refractivity contribution is -0.135. The molecule has 132 valence electrons. The molecule has 1 aromatic rings. The highest BCUT2D eigenvalue weighted by molar-refractivity contribution is 5.82. The Hall–Kier alpha value is -2.33. The van der Waals surface area contributed by atoms with E-state index in [2.05, 4.69) is 25.9 Å². The van der Waals surface area contributed by atoms with Crippen molar-refractivity contribution in [1.29, 1.82) is 0 Å². The van der Waals surface area contributed by atoms with Gasteiger partial charge in [0, 0.05) is 6.54 Å². The average molecular weight is 334 g/mol. The van der Waals surface area contributed by atoms with E-state index in [0.717, 1.165) is 25.2 Å². The van der Waals surface area contributed by atoms with Crippen LogP contribution in [0, 0.1) is 18.3 Å². The summed E-state index contributed by atoms with van der Waals surface area (Å²) in [6, 6.07) is -0.142. The number of nitrogens with one attached hydrogen (secondary N) is 2. The first kappa shape index (κ1) is 19.7. The minimum Gasteiger partial charge on any atom is -0.471 e. The van der Waals surface area contributed by atoms with Gasteiger partial charge in [-0.3, -0.25) is 9.59 Å². The first-order valence-corrected chi connectivity index (χ1v) is 7.95. The molecule has 7 heteroatoms. The Labute approximate surface area is 143 Å². The monoisotopic (exact) mass is 334 g/mol. The fourth-order valence-corrected chi connectivity index (χ4v) is 2.81. The molecule has 0 spiro atoms. The Kier molecular flexibility index (Phi) is 7.99. The van der Waals surface area contributed by atoms with E-state index in [4.69, 9.17) is 11.2 Å². The number of aromatic amines is 1. The van der Waals surface area contributed by atoms with Crippen LogP contribution < -0.4 is 5.32 Å². The highest BCUT2D eigenvalue weighted by Crippen LogP contribution is 2.31. The summed E-state index contributed by atoms with van der Waals surface area (Å²) >= 11 is 0. The standard InChI is InChI=1S/C15H22N4O.C2H4O2/c1-5-11-9-17-14(18-11)12-7-6-8-19(12)15(20)13(16-4)10(2)3;1-4-2-3/h1,9-10,12-13,16H,6-8H2,2-4H3,(H,17,18);2H,1H3. The zero-order valence-corrected chi connectivity index (χ0v) is 14.7. The van der Waals surface area contributed by atoms with Crippen LogP contribution in [0.2, 0.25) is 0 Å². The van der Waals surface area contributed by atoms with Gasteiger partial charge in [-0.05, 0) is 25.8 Å².